The molecule has 2 aromatic heterocycles. The molecule has 2 nitrogen and oxygen atoms in total. The molecule has 2 rings (SSSR count). The van der Waals surface area contributed by atoms with Crippen molar-refractivity contribution in [2.24, 2.45) is 0 Å². The topological polar surface area (TPSA) is 25.8 Å². The minimum atomic E-state index is 0.517. The summed E-state index contributed by atoms with van der Waals surface area (Å²) in [6.45, 7) is 9.72. The number of pyridine rings is 2. The molecule has 0 aliphatic carbocycles. The molecule has 18 heavy (non-hydrogen) atoms. The first-order valence-corrected chi connectivity index (χ1v) is 6.50. The van der Waals surface area contributed by atoms with E-state index in [9.17, 15) is 0 Å². The highest BCUT2D eigenvalue weighted by molar-refractivity contribution is 6.71. The van der Waals surface area contributed by atoms with Gasteiger partial charge in [-0.2, -0.15) is 0 Å². The number of aromatic nitrogens is 2. The molecule has 0 spiro atoms. The molecular formula is C14H18B2N2. The highest BCUT2D eigenvalue weighted by Crippen LogP contribution is 2.11. The zero-order chi connectivity index (χ0) is 13.1. The fraction of sp³-hybridized carbons (Fsp3) is 0.286. The van der Waals surface area contributed by atoms with Crippen molar-refractivity contribution < 1.29 is 0 Å². The first-order valence-electron chi connectivity index (χ1n) is 6.50. The average Bonchev–Trinajstić information content (AvgIpc) is 2.39. The largest absolute Gasteiger partial charge is 0.255 e. The van der Waals surface area contributed by atoms with Crippen molar-refractivity contribution in [2.75, 3.05) is 0 Å². The Balaban J connectivity index is 2.25. The van der Waals surface area contributed by atoms with Crippen LogP contribution in [0.15, 0.2) is 36.7 Å². The van der Waals surface area contributed by atoms with Gasteiger partial charge in [0.05, 0.1) is 11.4 Å². The summed E-state index contributed by atoms with van der Waals surface area (Å²) in [5.41, 5.74) is 4.40. The molecule has 4 heteroatoms. The van der Waals surface area contributed by atoms with E-state index in [0.29, 0.717) is 13.4 Å². The van der Waals surface area contributed by atoms with E-state index < -0.39 is 0 Å². The van der Waals surface area contributed by atoms with Gasteiger partial charge in [-0.1, -0.05) is 50.4 Å². The van der Waals surface area contributed by atoms with E-state index in [0.717, 1.165) is 11.4 Å². The van der Waals surface area contributed by atoms with Gasteiger partial charge in [0, 0.05) is 12.4 Å². The summed E-state index contributed by atoms with van der Waals surface area (Å²) in [6.07, 6.45) is 3.88. The van der Waals surface area contributed by atoms with Crippen molar-refractivity contribution >= 4 is 24.4 Å². The molecule has 0 fully saturated rings. The molecular weight excluding hydrogens is 218 g/mol. The summed E-state index contributed by atoms with van der Waals surface area (Å²) in [5, 5.41) is 0. The highest BCUT2D eigenvalue weighted by Gasteiger charge is 2.07. The normalized spacial score (nSPS) is 10.2. The van der Waals surface area contributed by atoms with Crippen LogP contribution in [0.2, 0.25) is 27.3 Å². The van der Waals surface area contributed by atoms with Gasteiger partial charge in [0.2, 0.25) is 0 Å². The molecule has 0 saturated carbocycles. The van der Waals surface area contributed by atoms with E-state index in [1.807, 2.05) is 24.5 Å². The van der Waals surface area contributed by atoms with Gasteiger partial charge in [0.1, 0.15) is 0 Å². The standard InChI is InChI=1S/C14H18B2N2/c1-15(2)11-5-7-13(17-9-11)14-8-6-12(10-18-14)16(3)4/h5-10H,1-4H3. The van der Waals surface area contributed by atoms with Crippen molar-refractivity contribution in [3.63, 3.8) is 0 Å². The van der Waals surface area contributed by atoms with Crippen LogP contribution >= 0.6 is 0 Å². The Bertz CT molecular complexity index is 455. The van der Waals surface area contributed by atoms with E-state index in [2.05, 4.69) is 49.4 Å². The summed E-state index contributed by atoms with van der Waals surface area (Å²) in [5.74, 6) is 0. The highest BCUT2D eigenvalue weighted by atomic mass is 14.8. The summed E-state index contributed by atoms with van der Waals surface area (Å²) >= 11 is 0. The molecule has 0 N–H and O–H groups in total. The third kappa shape index (κ3) is 2.81. The smallest absolute Gasteiger partial charge is 0.171 e. The van der Waals surface area contributed by atoms with E-state index >= 15 is 0 Å². The van der Waals surface area contributed by atoms with Crippen LogP contribution < -0.4 is 10.9 Å². The maximum atomic E-state index is 4.48. The second kappa shape index (κ2) is 5.38. The predicted molar refractivity (Wildman–Crippen MR) is 81.7 cm³/mol. The summed E-state index contributed by atoms with van der Waals surface area (Å²) in [6, 6.07) is 8.36. The second-order valence-corrected chi connectivity index (χ2v) is 5.26. The second-order valence-electron chi connectivity index (χ2n) is 5.26. The maximum Gasteiger partial charge on any atom is 0.171 e. The molecule has 0 aliphatic rings. The van der Waals surface area contributed by atoms with Crippen LogP contribution in [0.25, 0.3) is 11.4 Å². The van der Waals surface area contributed by atoms with Crippen molar-refractivity contribution in [2.45, 2.75) is 27.3 Å². The molecule has 2 heterocycles. The number of rotatable bonds is 3. The fourth-order valence-electron chi connectivity index (χ4n) is 1.80. The third-order valence-electron chi connectivity index (χ3n) is 3.17. The molecule has 0 aliphatic heterocycles. The Morgan fingerprint density at radius 3 is 1.28 bits per heavy atom. The molecule has 90 valence electrons. The van der Waals surface area contributed by atoms with Gasteiger partial charge in [-0.05, 0) is 12.1 Å². The number of nitrogens with zero attached hydrogens (tertiary/aromatic N) is 2. The van der Waals surface area contributed by atoms with E-state index in [4.69, 9.17) is 0 Å². The molecule has 0 atom stereocenters. The van der Waals surface area contributed by atoms with Gasteiger partial charge < -0.3 is 0 Å². The fourth-order valence-corrected chi connectivity index (χ4v) is 1.80. The Morgan fingerprint density at radius 1 is 0.667 bits per heavy atom. The lowest BCUT2D eigenvalue weighted by molar-refractivity contribution is 1.26. The molecule has 0 radical (unpaired) electrons. The van der Waals surface area contributed by atoms with Gasteiger partial charge in [0.25, 0.3) is 0 Å². The quantitative estimate of drug-likeness (QED) is 0.762. The Labute approximate surface area is 110 Å². The lowest BCUT2D eigenvalue weighted by atomic mass is 9.50. The Morgan fingerprint density at radius 2 is 1.06 bits per heavy atom. The van der Waals surface area contributed by atoms with Crippen LogP contribution in [0.1, 0.15) is 0 Å². The lowest BCUT2D eigenvalue weighted by Crippen LogP contribution is -2.23. The summed E-state index contributed by atoms with van der Waals surface area (Å²) in [4.78, 5) is 8.96. The van der Waals surface area contributed by atoms with Crippen LogP contribution in [0.4, 0.5) is 0 Å². The van der Waals surface area contributed by atoms with Gasteiger partial charge >= 0.3 is 0 Å². The SMILES string of the molecule is CB(C)c1ccc(-c2ccc(B(C)C)cn2)nc1. The molecule has 0 unspecified atom stereocenters. The van der Waals surface area contributed by atoms with Crippen LogP contribution in [0, 0.1) is 0 Å². The predicted octanol–water partition coefficient (Wildman–Crippen LogP) is 2.07. The van der Waals surface area contributed by atoms with Gasteiger partial charge in [-0.15, -0.1) is 0 Å². The van der Waals surface area contributed by atoms with E-state index in [-0.39, 0.29) is 0 Å². The first kappa shape index (κ1) is 12.9. The Kier molecular flexibility index (Phi) is 3.85. The minimum absolute atomic E-state index is 0.517. The van der Waals surface area contributed by atoms with Crippen molar-refractivity contribution in [3.8, 4) is 11.4 Å². The molecule has 0 saturated heterocycles. The van der Waals surface area contributed by atoms with Crippen LogP contribution in [-0.2, 0) is 0 Å². The minimum Gasteiger partial charge on any atom is -0.255 e. The van der Waals surface area contributed by atoms with Crippen LogP contribution in [0.5, 0.6) is 0 Å². The molecule has 0 amide bonds. The number of hydrogen-bond acceptors (Lipinski definition) is 2. The molecule has 0 bridgehead atoms. The lowest BCUT2D eigenvalue weighted by Gasteiger charge is -2.06. The molecule has 0 aromatic carbocycles. The van der Waals surface area contributed by atoms with Crippen molar-refractivity contribution in [1.82, 2.24) is 9.97 Å². The van der Waals surface area contributed by atoms with Crippen LogP contribution in [-0.4, -0.2) is 23.4 Å². The zero-order valence-corrected chi connectivity index (χ0v) is 11.5. The maximum absolute atomic E-state index is 4.48. The van der Waals surface area contributed by atoms with Gasteiger partial charge in [-0.3, -0.25) is 9.97 Å². The van der Waals surface area contributed by atoms with Crippen LogP contribution in [0.3, 0.4) is 0 Å². The average molecular weight is 236 g/mol. The summed E-state index contributed by atoms with van der Waals surface area (Å²) < 4.78 is 0. The Hall–Kier alpha value is -1.57. The van der Waals surface area contributed by atoms with Crippen molar-refractivity contribution in [1.29, 1.82) is 0 Å². The van der Waals surface area contributed by atoms with Gasteiger partial charge in [0.15, 0.2) is 13.4 Å². The van der Waals surface area contributed by atoms with Gasteiger partial charge in [-0.25, -0.2) is 0 Å². The zero-order valence-electron chi connectivity index (χ0n) is 11.5. The van der Waals surface area contributed by atoms with Crippen molar-refractivity contribution in [3.05, 3.63) is 36.7 Å². The monoisotopic (exact) mass is 236 g/mol. The number of hydrogen-bond donors (Lipinski definition) is 0. The van der Waals surface area contributed by atoms with E-state index in [1.165, 1.54) is 10.9 Å². The molecule has 2 aromatic rings. The first-order chi connectivity index (χ1) is 8.58. The van der Waals surface area contributed by atoms with E-state index in [1.54, 1.807) is 0 Å². The third-order valence-corrected chi connectivity index (χ3v) is 3.17. The summed E-state index contributed by atoms with van der Waals surface area (Å²) in [7, 11) is 0.